The smallest absolute Gasteiger partial charge is 0.308 e. The molecule has 10 nitrogen and oxygen atoms in total. The zero-order chi connectivity index (χ0) is 40.6. The summed E-state index contributed by atoms with van der Waals surface area (Å²) in [6.07, 6.45) is 2.02. The average Bonchev–Trinajstić information content (AvgIpc) is 3.88. The Morgan fingerprint density at radius 2 is 1.44 bits per heavy atom. The topological polar surface area (TPSA) is 112 Å². The van der Waals surface area contributed by atoms with Gasteiger partial charge in [-0.1, -0.05) is 54.4 Å². The molecule has 2 aliphatic heterocycles. The van der Waals surface area contributed by atoms with Crippen LogP contribution in [0.1, 0.15) is 120 Å². The molecule has 0 amide bonds. The Morgan fingerprint density at radius 1 is 0.825 bits per heavy atom. The molecule has 8 rings (SSSR count). The van der Waals surface area contributed by atoms with Crippen molar-refractivity contribution >= 4 is 63.3 Å². The van der Waals surface area contributed by atoms with Gasteiger partial charge in [-0.25, -0.2) is 0 Å². The van der Waals surface area contributed by atoms with Crippen molar-refractivity contribution in [3.05, 3.63) is 125 Å². The number of aryl methyl sites for hydroxylation is 4. The lowest BCUT2D eigenvalue weighted by atomic mass is 9.92. The largest absolute Gasteiger partial charge is 0.460 e. The molecule has 2 aromatic carbocycles. The molecule has 1 unspecified atom stereocenters. The number of halogens is 2. The van der Waals surface area contributed by atoms with Gasteiger partial charge in [-0.15, -0.1) is 43.1 Å². The third kappa shape index (κ3) is 7.08. The number of ether oxygens (including phenoxy) is 1. The van der Waals surface area contributed by atoms with Crippen LogP contribution >= 0.6 is 45.9 Å². The summed E-state index contributed by atoms with van der Waals surface area (Å²) in [5.41, 5.74) is 6.59. The molecule has 57 heavy (non-hydrogen) atoms. The van der Waals surface area contributed by atoms with E-state index in [9.17, 15) is 4.79 Å². The van der Waals surface area contributed by atoms with Crippen molar-refractivity contribution in [2.75, 3.05) is 0 Å². The predicted molar refractivity (Wildman–Crippen MR) is 230 cm³/mol. The van der Waals surface area contributed by atoms with E-state index in [4.69, 9.17) is 43.0 Å². The summed E-state index contributed by atoms with van der Waals surface area (Å²) in [7, 11) is 0. The van der Waals surface area contributed by atoms with Crippen molar-refractivity contribution in [1.82, 2.24) is 29.5 Å². The first-order chi connectivity index (χ1) is 27.1. The minimum Gasteiger partial charge on any atom is -0.460 e. The molecule has 294 valence electrons. The van der Waals surface area contributed by atoms with E-state index in [1.165, 1.54) is 15.3 Å². The third-order valence-corrected chi connectivity index (χ3v) is 13.7. The Balaban J connectivity index is 1.27. The van der Waals surface area contributed by atoms with Crippen molar-refractivity contribution in [3.8, 4) is 10.0 Å². The number of carbonyl (C=O) groups excluding carboxylic acids is 1. The van der Waals surface area contributed by atoms with Gasteiger partial charge in [0.1, 0.15) is 38.8 Å². The van der Waals surface area contributed by atoms with Crippen molar-refractivity contribution in [2.45, 2.75) is 105 Å². The van der Waals surface area contributed by atoms with Gasteiger partial charge in [-0.2, -0.15) is 0 Å². The van der Waals surface area contributed by atoms with Gasteiger partial charge in [0.25, 0.3) is 0 Å². The van der Waals surface area contributed by atoms with E-state index in [0.717, 1.165) is 66.7 Å². The summed E-state index contributed by atoms with van der Waals surface area (Å²) in [4.78, 5) is 26.8. The quantitative estimate of drug-likeness (QED) is 0.141. The van der Waals surface area contributed by atoms with Crippen LogP contribution in [0.15, 0.2) is 58.5 Å². The molecule has 2 aliphatic rings. The zero-order valence-electron chi connectivity index (χ0n) is 33.5. The number of fused-ring (bicyclic) bond motifs is 6. The van der Waals surface area contributed by atoms with Crippen LogP contribution in [-0.4, -0.2) is 52.5 Å². The normalized spacial score (nSPS) is 17.5. The Labute approximate surface area is 350 Å². The van der Waals surface area contributed by atoms with Crippen LogP contribution in [0.2, 0.25) is 10.0 Å². The number of rotatable bonds is 8. The van der Waals surface area contributed by atoms with Crippen LogP contribution in [0, 0.1) is 27.7 Å². The zero-order valence-corrected chi connectivity index (χ0v) is 36.6. The molecule has 0 N–H and O–H groups in total. The van der Waals surface area contributed by atoms with E-state index < -0.39 is 17.2 Å². The van der Waals surface area contributed by atoms with Crippen molar-refractivity contribution in [2.24, 2.45) is 9.98 Å². The number of carbonyl (C=O) groups is 1. The fourth-order valence-electron chi connectivity index (χ4n) is 7.69. The highest BCUT2D eigenvalue weighted by atomic mass is 35.5. The van der Waals surface area contributed by atoms with Gasteiger partial charge in [-0.3, -0.25) is 23.9 Å². The number of hydrogen-bond donors (Lipinski definition) is 0. The second-order valence-corrected chi connectivity index (χ2v) is 19.1. The number of benzene rings is 2. The van der Waals surface area contributed by atoms with E-state index in [-0.39, 0.29) is 12.4 Å². The number of nitrogens with zero attached hydrogens (tertiary/aromatic N) is 8. The summed E-state index contributed by atoms with van der Waals surface area (Å²) in [5.74, 6) is 2.70. The van der Waals surface area contributed by atoms with Gasteiger partial charge in [-0.05, 0) is 104 Å². The maximum Gasteiger partial charge on any atom is 0.308 e. The SMILES string of the molecule is CCc1nnc2n1-c1sc(CCC3(C)N=C(c4ccc(Cl)cc4)c4c(sc(C)c4C)-n4c(C)nnc43)c(C)c1C(c1ccc(Cl)cc1)=N[C@H]2CC(=O)OC(C)(C)C. The molecule has 0 bridgehead atoms. The summed E-state index contributed by atoms with van der Waals surface area (Å²) in [6, 6.07) is 15.0. The van der Waals surface area contributed by atoms with Crippen LogP contribution in [0.3, 0.4) is 0 Å². The maximum absolute atomic E-state index is 13.4. The molecule has 0 saturated carbocycles. The molecule has 14 heteroatoms. The standard InChI is InChI=1S/C43H44Cl2N8O2S2/c1-10-32-49-50-38-30(21-33(54)55-42(6,7)8)46-36(26-11-15-28(44)16-12-26)35-23(3)31(57-40(35)53(32)38)19-20-43(9)41-51-48-25(5)52(41)39-34(22(2)24(4)56-39)37(47-43)27-13-17-29(45)18-14-27/h11-18,30H,10,19-21H2,1-9H3/t30-,43?/m0/s1. The van der Waals surface area contributed by atoms with Gasteiger partial charge in [0, 0.05) is 48.5 Å². The average molecular weight is 840 g/mol. The molecule has 0 radical (unpaired) electrons. The molecule has 0 fully saturated rings. The fourth-order valence-corrected chi connectivity index (χ4v) is 10.5. The molecule has 6 aromatic rings. The molecular formula is C43H44Cl2N8O2S2. The molecule has 0 saturated heterocycles. The number of aromatic nitrogens is 6. The predicted octanol–water partition coefficient (Wildman–Crippen LogP) is 10.4. The molecule has 6 heterocycles. The van der Waals surface area contributed by atoms with E-state index in [0.29, 0.717) is 35.1 Å². The van der Waals surface area contributed by atoms with Gasteiger partial charge < -0.3 is 4.74 Å². The summed E-state index contributed by atoms with van der Waals surface area (Å²) in [5, 5.41) is 22.1. The molecule has 0 aliphatic carbocycles. The summed E-state index contributed by atoms with van der Waals surface area (Å²) in [6.45, 7) is 18.3. The summed E-state index contributed by atoms with van der Waals surface area (Å²) < 4.78 is 10.1. The van der Waals surface area contributed by atoms with E-state index in [2.05, 4.69) is 59.0 Å². The monoisotopic (exact) mass is 838 g/mol. The Bertz CT molecular complexity index is 2610. The number of hydrogen-bond acceptors (Lipinski definition) is 10. The van der Waals surface area contributed by atoms with Gasteiger partial charge in [0.05, 0.1) is 17.8 Å². The van der Waals surface area contributed by atoms with Crippen molar-refractivity contribution in [1.29, 1.82) is 0 Å². The molecule has 0 spiro atoms. The lowest BCUT2D eigenvalue weighted by Crippen LogP contribution is -2.25. The minimum atomic E-state index is -0.745. The third-order valence-electron chi connectivity index (χ3n) is 10.6. The second kappa shape index (κ2) is 14.7. The van der Waals surface area contributed by atoms with Crippen LogP contribution in [0.5, 0.6) is 0 Å². The number of thiophene rings is 2. The Hall–Kier alpha value is -4.49. The number of aliphatic imine (C=N–C) groups is 2. The lowest BCUT2D eigenvalue weighted by molar-refractivity contribution is -0.155. The van der Waals surface area contributed by atoms with E-state index in [1.54, 1.807) is 22.7 Å². The second-order valence-electron chi connectivity index (χ2n) is 15.9. The van der Waals surface area contributed by atoms with E-state index >= 15 is 0 Å². The first kappa shape index (κ1) is 39.3. The first-order valence-electron chi connectivity index (χ1n) is 19.1. The Morgan fingerprint density at radius 3 is 2.07 bits per heavy atom. The van der Waals surface area contributed by atoms with Crippen LogP contribution < -0.4 is 0 Å². The molecular weight excluding hydrogens is 796 g/mol. The lowest BCUT2D eigenvalue weighted by Gasteiger charge is -2.24. The van der Waals surface area contributed by atoms with Crippen LogP contribution in [0.25, 0.3) is 10.0 Å². The Kier molecular flexibility index (Phi) is 10.2. The van der Waals surface area contributed by atoms with Crippen LogP contribution in [-0.2, 0) is 27.9 Å². The summed E-state index contributed by atoms with van der Waals surface area (Å²) >= 11 is 16.2. The highest BCUT2D eigenvalue weighted by Crippen LogP contribution is 2.45. The van der Waals surface area contributed by atoms with Crippen molar-refractivity contribution < 1.29 is 9.53 Å². The highest BCUT2D eigenvalue weighted by molar-refractivity contribution is 7.15. The van der Waals surface area contributed by atoms with Gasteiger partial charge in [0.2, 0.25) is 0 Å². The molecule has 4 aromatic heterocycles. The van der Waals surface area contributed by atoms with Gasteiger partial charge >= 0.3 is 5.97 Å². The molecule has 2 atom stereocenters. The van der Waals surface area contributed by atoms with E-state index in [1.807, 2.05) is 76.2 Å². The first-order valence-corrected chi connectivity index (χ1v) is 21.5. The number of esters is 1. The van der Waals surface area contributed by atoms with Gasteiger partial charge in [0.15, 0.2) is 11.6 Å². The fraction of sp³-hybridized carbons (Fsp3) is 0.372. The van der Waals surface area contributed by atoms with Crippen LogP contribution in [0.4, 0.5) is 0 Å². The minimum absolute atomic E-state index is 0.0218. The van der Waals surface area contributed by atoms with Crippen molar-refractivity contribution in [3.63, 3.8) is 0 Å². The maximum atomic E-state index is 13.4. The highest BCUT2D eigenvalue weighted by Gasteiger charge is 2.40.